The minimum Gasteiger partial charge on any atom is -0.456 e. The van der Waals surface area contributed by atoms with Gasteiger partial charge in [-0.05, 0) is 58.4 Å². The van der Waals surface area contributed by atoms with Gasteiger partial charge in [-0.15, -0.1) is 0 Å². The number of hydrazine groups is 1. The molecule has 0 heterocycles. The van der Waals surface area contributed by atoms with Crippen molar-refractivity contribution in [1.29, 1.82) is 0 Å². The lowest BCUT2D eigenvalue weighted by atomic mass is 10.2. The molecule has 0 atom stereocenters. The van der Waals surface area contributed by atoms with Crippen LogP contribution in [0.15, 0.2) is 46.9 Å². The molecular weight excluding hydrogens is 501 g/mol. The first-order chi connectivity index (χ1) is 14.2. The molecule has 2 aromatic carbocycles. The molecule has 0 aliphatic rings. The van der Waals surface area contributed by atoms with Crippen molar-refractivity contribution in [3.63, 3.8) is 0 Å². The third-order valence-corrected chi connectivity index (χ3v) is 5.03. The van der Waals surface area contributed by atoms with Crippen LogP contribution in [0.25, 0.3) is 0 Å². The molecule has 0 aliphatic heterocycles. The summed E-state index contributed by atoms with van der Waals surface area (Å²) < 4.78 is 5.49. The molecule has 0 spiro atoms. The number of nitrogens with one attached hydrogen (secondary N) is 3. The second kappa shape index (κ2) is 11.5. The number of carbonyl (C=O) groups is 4. The molecule has 3 amide bonds. The van der Waals surface area contributed by atoms with E-state index in [9.17, 15) is 19.2 Å². The van der Waals surface area contributed by atoms with Crippen LogP contribution in [0.5, 0.6) is 0 Å². The average molecular weight is 517 g/mol. The summed E-state index contributed by atoms with van der Waals surface area (Å²) in [6.45, 7) is -0.512. The topological polar surface area (TPSA) is 114 Å². The van der Waals surface area contributed by atoms with Crippen molar-refractivity contribution < 1.29 is 23.9 Å². The maximum atomic E-state index is 11.8. The maximum absolute atomic E-state index is 11.8. The number of halogens is 3. The summed E-state index contributed by atoms with van der Waals surface area (Å²) in [5.41, 5.74) is 5.15. The third-order valence-electron chi connectivity index (χ3n) is 3.55. The standard InChI is InChI=1S/C19H16BrCl2N3O5/c20-14-6-5-13(9-15(14)22)23-17(27)10-30-18(28)8-7-16(26)24-25-19(29)11-1-3-12(21)4-2-11/h1-6,9H,7-8,10H2,(H,23,27)(H,24,26)(H,25,29). The Morgan fingerprint density at radius 3 is 2.27 bits per heavy atom. The Bertz CT molecular complexity index is 954. The van der Waals surface area contributed by atoms with Gasteiger partial charge in [0.1, 0.15) is 0 Å². The molecule has 2 aromatic rings. The molecule has 0 saturated carbocycles. The summed E-state index contributed by atoms with van der Waals surface area (Å²) in [4.78, 5) is 47.1. The third kappa shape index (κ3) is 8.02. The number of benzene rings is 2. The molecule has 0 fully saturated rings. The van der Waals surface area contributed by atoms with Crippen LogP contribution in [0, 0.1) is 0 Å². The van der Waals surface area contributed by atoms with E-state index in [2.05, 4.69) is 32.1 Å². The smallest absolute Gasteiger partial charge is 0.306 e. The van der Waals surface area contributed by atoms with E-state index < -0.39 is 30.3 Å². The minimum absolute atomic E-state index is 0.232. The normalized spacial score (nSPS) is 10.1. The highest BCUT2D eigenvalue weighted by atomic mass is 79.9. The largest absolute Gasteiger partial charge is 0.456 e. The van der Waals surface area contributed by atoms with Crippen molar-refractivity contribution in [2.45, 2.75) is 12.8 Å². The van der Waals surface area contributed by atoms with Crippen LogP contribution in [0.2, 0.25) is 10.0 Å². The quantitative estimate of drug-likeness (QED) is 0.385. The lowest BCUT2D eigenvalue weighted by Crippen LogP contribution is -2.41. The second-order valence-electron chi connectivity index (χ2n) is 5.85. The minimum atomic E-state index is -0.738. The SMILES string of the molecule is O=C(CCC(=O)OCC(=O)Nc1ccc(Br)c(Cl)c1)NNC(=O)c1ccc(Cl)cc1. The van der Waals surface area contributed by atoms with Crippen LogP contribution in [-0.2, 0) is 19.1 Å². The van der Waals surface area contributed by atoms with Crippen molar-refractivity contribution in [1.82, 2.24) is 10.9 Å². The van der Waals surface area contributed by atoms with E-state index >= 15 is 0 Å². The summed E-state index contributed by atoms with van der Waals surface area (Å²) in [6.07, 6.45) is -0.496. The van der Waals surface area contributed by atoms with E-state index in [0.717, 1.165) is 0 Å². The molecular formula is C19H16BrCl2N3O5. The molecule has 0 saturated heterocycles. The highest BCUT2D eigenvalue weighted by Gasteiger charge is 2.12. The fraction of sp³-hybridized carbons (Fsp3) is 0.158. The van der Waals surface area contributed by atoms with Crippen molar-refractivity contribution >= 4 is 68.5 Å². The molecule has 11 heteroatoms. The number of anilines is 1. The maximum Gasteiger partial charge on any atom is 0.306 e. The first-order valence-corrected chi connectivity index (χ1v) is 10.0. The number of rotatable bonds is 7. The van der Waals surface area contributed by atoms with Crippen LogP contribution in [0.3, 0.4) is 0 Å². The predicted octanol–water partition coefficient (Wildman–Crippen LogP) is 3.48. The van der Waals surface area contributed by atoms with E-state index in [-0.39, 0.29) is 12.8 Å². The lowest BCUT2D eigenvalue weighted by Gasteiger charge is -2.08. The Morgan fingerprint density at radius 2 is 1.60 bits per heavy atom. The van der Waals surface area contributed by atoms with E-state index in [4.69, 9.17) is 27.9 Å². The first-order valence-electron chi connectivity index (χ1n) is 8.50. The van der Waals surface area contributed by atoms with Gasteiger partial charge in [-0.1, -0.05) is 23.2 Å². The molecule has 0 aromatic heterocycles. The first kappa shape index (κ1) is 23.7. The van der Waals surface area contributed by atoms with Gasteiger partial charge in [-0.25, -0.2) is 0 Å². The molecule has 0 aliphatic carbocycles. The Labute approximate surface area is 190 Å². The number of carbonyl (C=O) groups excluding carboxylic acids is 4. The van der Waals surface area contributed by atoms with Crippen molar-refractivity contribution in [2.75, 3.05) is 11.9 Å². The number of esters is 1. The van der Waals surface area contributed by atoms with Gasteiger partial charge in [0.25, 0.3) is 11.8 Å². The van der Waals surface area contributed by atoms with Crippen molar-refractivity contribution in [3.05, 3.63) is 62.5 Å². The molecule has 0 radical (unpaired) electrons. The summed E-state index contributed by atoms with van der Waals surface area (Å²) in [5, 5.41) is 3.42. The van der Waals surface area contributed by atoms with Crippen LogP contribution in [-0.4, -0.2) is 30.3 Å². The van der Waals surface area contributed by atoms with Crippen molar-refractivity contribution in [3.8, 4) is 0 Å². The molecule has 0 bridgehead atoms. The van der Waals surface area contributed by atoms with Gasteiger partial charge in [-0.3, -0.25) is 30.0 Å². The number of ether oxygens (including phenoxy) is 1. The Balaban J connectivity index is 1.65. The molecule has 158 valence electrons. The predicted molar refractivity (Wildman–Crippen MR) is 115 cm³/mol. The molecule has 2 rings (SSSR count). The summed E-state index contributed by atoms with van der Waals surface area (Å²) in [6, 6.07) is 10.9. The van der Waals surface area contributed by atoms with Crippen molar-refractivity contribution in [2.24, 2.45) is 0 Å². The number of hydrogen-bond acceptors (Lipinski definition) is 5. The van der Waals surface area contributed by atoms with Crippen LogP contribution >= 0.6 is 39.1 Å². The zero-order chi connectivity index (χ0) is 22.1. The summed E-state index contributed by atoms with van der Waals surface area (Å²) in [7, 11) is 0. The van der Waals surface area contributed by atoms with Crippen LogP contribution in [0.4, 0.5) is 5.69 Å². The van der Waals surface area contributed by atoms with Gasteiger partial charge in [0.15, 0.2) is 6.61 Å². The summed E-state index contributed by atoms with van der Waals surface area (Å²) >= 11 is 14.9. The average Bonchev–Trinajstić information content (AvgIpc) is 2.72. The van der Waals surface area contributed by atoms with Crippen LogP contribution < -0.4 is 16.2 Å². The monoisotopic (exact) mass is 515 g/mol. The van der Waals surface area contributed by atoms with Gasteiger partial charge >= 0.3 is 5.97 Å². The van der Waals surface area contributed by atoms with Gasteiger partial charge < -0.3 is 10.1 Å². The lowest BCUT2D eigenvalue weighted by molar-refractivity contribution is -0.148. The Morgan fingerprint density at radius 1 is 0.900 bits per heavy atom. The number of hydrogen-bond donors (Lipinski definition) is 3. The fourth-order valence-corrected chi connectivity index (χ4v) is 2.62. The molecule has 0 unspecified atom stereocenters. The molecule has 30 heavy (non-hydrogen) atoms. The molecule has 8 nitrogen and oxygen atoms in total. The Hall–Kier alpha value is -2.62. The van der Waals surface area contributed by atoms with Gasteiger partial charge in [0.2, 0.25) is 5.91 Å². The zero-order valence-corrected chi connectivity index (χ0v) is 18.4. The van der Waals surface area contributed by atoms with Gasteiger partial charge in [0.05, 0.1) is 11.4 Å². The van der Waals surface area contributed by atoms with E-state index in [0.29, 0.717) is 25.8 Å². The fourth-order valence-electron chi connectivity index (χ4n) is 2.07. The highest BCUT2D eigenvalue weighted by Crippen LogP contribution is 2.25. The highest BCUT2D eigenvalue weighted by molar-refractivity contribution is 9.10. The van der Waals surface area contributed by atoms with Crippen LogP contribution in [0.1, 0.15) is 23.2 Å². The van der Waals surface area contributed by atoms with E-state index in [1.807, 2.05) is 0 Å². The van der Waals surface area contributed by atoms with Gasteiger partial charge in [0, 0.05) is 27.2 Å². The Kier molecular flexibility index (Phi) is 9.10. The molecule has 3 N–H and O–H groups in total. The number of amides is 3. The second-order valence-corrected chi connectivity index (χ2v) is 7.54. The van der Waals surface area contributed by atoms with Gasteiger partial charge in [-0.2, -0.15) is 0 Å². The van der Waals surface area contributed by atoms with E-state index in [1.165, 1.54) is 30.3 Å². The zero-order valence-electron chi connectivity index (χ0n) is 15.3. The van der Waals surface area contributed by atoms with E-state index in [1.54, 1.807) is 12.1 Å². The summed E-state index contributed by atoms with van der Waals surface area (Å²) in [5.74, 6) is -2.42.